The third kappa shape index (κ3) is 1.34. The van der Waals surface area contributed by atoms with Crippen LogP contribution in [-0.4, -0.2) is 16.0 Å². The summed E-state index contributed by atoms with van der Waals surface area (Å²) in [5.41, 5.74) is 5.00. The Morgan fingerprint density at radius 3 is 2.75 bits per heavy atom. The van der Waals surface area contributed by atoms with Crippen LogP contribution in [0.5, 0.6) is 0 Å². The molecule has 2 fully saturated rings. The van der Waals surface area contributed by atoms with Crippen LogP contribution in [0.25, 0.3) is 0 Å². The van der Waals surface area contributed by atoms with Crippen molar-refractivity contribution in [1.82, 2.24) is 10.1 Å². The molecule has 16 heavy (non-hydrogen) atoms. The second kappa shape index (κ2) is 3.06. The van der Waals surface area contributed by atoms with Gasteiger partial charge in [-0.15, -0.1) is 0 Å². The lowest BCUT2D eigenvalue weighted by molar-refractivity contribution is -0.124. The summed E-state index contributed by atoms with van der Waals surface area (Å²) in [7, 11) is 0. The zero-order valence-corrected chi connectivity index (χ0v) is 9.27. The van der Waals surface area contributed by atoms with Gasteiger partial charge in [-0.1, -0.05) is 12.1 Å². The summed E-state index contributed by atoms with van der Waals surface area (Å²) < 4.78 is 5.24. The van der Waals surface area contributed by atoms with Gasteiger partial charge >= 0.3 is 0 Å². The molecule has 1 amide bonds. The lowest BCUT2D eigenvalue weighted by atomic mass is 9.90. The van der Waals surface area contributed by atoms with Crippen LogP contribution in [0.1, 0.15) is 56.2 Å². The summed E-state index contributed by atoms with van der Waals surface area (Å²) in [6.45, 7) is 1.95. The Labute approximate surface area is 93.4 Å². The molecule has 0 aliphatic heterocycles. The lowest BCUT2D eigenvalue weighted by Gasteiger charge is -2.15. The summed E-state index contributed by atoms with van der Waals surface area (Å²) in [6.07, 6.45) is 3.97. The van der Waals surface area contributed by atoms with Crippen LogP contribution >= 0.6 is 0 Å². The third-order valence-corrected chi connectivity index (χ3v) is 3.88. The van der Waals surface area contributed by atoms with E-state index >= 15 is 0 Å². The average molecular weight is 221 g/mol. The van der Waals surface area contributed by atoms with Gasteiger partial charge in [0.1, 0.15) is 0 Å². The number of hydrogen-bond donors (Lipinski definition) is 1. The van der Waals surface area contributed by atoms with Gasteiger partial charge in [0.15, 0.2) is 5.82 Å². The first-order valence-electron chi connectivity index (χ1n) is 5.77. The van der Waals surface area contributed by atoms with Gasteiger partial charge in [0.25, 0.3) is 0 Å². The highest BCUT2D eigenvalue weighted by molar-refractivity contribution is 5.84. The summed E-state index contributed by atoms with van der Waals surface area (Å²) in [6, 6.07) is 0. The van der Waals surface area contributed by atoms with Crippen LogP contribution in [0.3, 0.4) is 0 Å². The molecule has 0 aromatic carbocycles. The van der Waals surface area contributed by atoms with E-state index in [4.69, 9.17) is 10.3 Å². The number of primary amides is 1. The van der Waals surface area contributed by atoms with Crippen molar-refractivity contribution in [3.05, 3.63) is 11.7 Å². The van der Waals surface area contributed by atoms with E-state index in [0.29, 0.717) is 11.8 Å². The Kier molecular flexibility index (Phi) is 1.87. The third-order valence-electron chi connectivity index (χ3n) is 3.88. The smallest absolute Gasteiger partial charge is 0.230 e. The highest BCUT2D eigenvalue weighted by Gasteiger charge is 2.55. The number of carbonyl (C=O) groups is 1. The molecule has 3 rings (SSSR count). The number of nitrogens with zero attached hydrogens (tertiary/aromatic N) is 2. The van der Waals surface area contributed by atoms with E-state index < -0.39 is 5.41 Å². The second-order valence-corrected chi connectivity index (χ2v) is 5.01. The summed E-state index contributed by atoms with van der Waals surface area (Å²) in [5, 5.41) is 3.96. The van der Waals surface area contributed by atoms with E-state index in [0.717, 1.165) is 31.5 Å². The molecule has 2 aliphatic carbocycles. The minimum Gasteiger partial charge on any atom is -0.369 e. The van der Waals surface area contributed by atoms with Gasteiger partial charge in [-0.25, -0.2) is 0 Å². The molecule has 1 aromatic heterocycles. The Balaban J connectivity index is 1.83. The average Bonchev–Trinajstić information content (AvgIpc) is 3.15. The number of carbonyl (C=O) groups excluding carboxylic acids is 1. The van der Waals surface area contributed by atoms with Crippen LogP contribution < -0.4 is 5.73 Å². The molecule has 0 saturated heterocycles. The van der Waals surface area contributed by atoms with Gasteiger partial charge in [-0.05, 0) is 25.7 Å². The topological polar surface area (TPSA) is 82.0 Å². The van der Waals surface area contributed by atoms with E-state index in [-0.39, 0.29) is 11.8 Å². The van der Waals surface area contributed by atoms with Gasteiger partial charge < -0.3 is 10.3 Å². The van der Waals surface area contributed by atoms with Crippen LogP contribution in [-0.2, 0) is 4.79 Å². The van der Waals surface area contributed by atoms with Gasteiger partial charge in [-0.2, -0.15) is 4.98 Å². The Bertz CT molecular complexity index is 432. The summed E-state index contributed by atoms with van der Waals surface area (Å²) >= 11 is 0. The van der Waals surface area contributed by atoms with Gasteiger partial charge in [0.2, 0.25) is 11.8 Å². The van der Waals surface area contributed by atoms with Crippen molar-refractivity contribution in [1.29, 1.82) is 0 Å². The molecule has 2 N–H and O–H groups in total. The molecule has 5 nitrogen and oxygen atoms in total. The normalized spacial score (nSPS) is 24.1. The van der Waals surface area contributed by atoms with Crippen molar-refractivity contribution in [2.75, 3.05) is 0 Å². The molecule has 0 bridgehead atoms. The monoisotopic (exact) mass is 221 g/mol. The molecule has 86 valence electrons. The predicted molar refractivity (Wildman–Crippen MR) is 55.5 cm³/mol. The number of hydrogen-bond acceptors (Lipinski definition) is 4. The van der Waals surface area contributed by atoms with Crippen molar-refractivity contribution in [3.63, 3.8) is 0 Å². The standard InChI is InChI=1S/C11H15N3O2/c1-6(11(4-5-11)10(12)15)9-13-8(14-16-9)7-2-3-7/h6-7H,2-5H2,1H3,(H2,12,15)/t6-/m0/s1. The first kappa shape index (κ1) is 9.81. The fraction of sp³-hybridized carbons (Fsp3) is 0.727. The van der Waals surface area contributed by atoms with E-state index in [9.17, 15) is 4.79 Å². The van der Waals surface area contributed by atoms with Crippen LogP contribution in [0.4, 0.5) is 0 Å². The van der Waals surface area contributed by atoms with Crippen molar-refractivity contribution in [3.8, 4) is 0 Å². The minimum absolute atomic E-state index is 0.0509. The Hall–Kier alpha value is -1.39. The summed E-state index contributed by atoms with van der Waals surface area (Å²) in [4.78, 5) is 15.8. The van der Waals surface area contributed by atoms with Crippen molar-refractivity contribution < 1.29 is 9.32 Å². The first-order chi connectivity index (χ1) is 7.63. The fourth-order valence-electron chi connectivity index (χ4n) is 2.19. The zero-order valence-electron chi connectivity index (χ0n) is 9.27. The first-order valence-corrected chi connectivity index (χ1v) is 5.77. The molecule has 1 aromatic rings. The van der Waals surface area contributed by atoms with Crippen LogP contribution in [0.2, 0.25) is 0 Å². The van der Waals surface area contributed by atoms with Crippen molar-refractivity contribution in [2.24, 2.45) is 11.1 Å². The Morgan fingerprint density at radius 2 is 2.25 bits per heavy atom. The van der Waals surface area contributed by atoms with Crippen LogP contribution in [0, 0.1) is 5.41 Å². The lowest BCUT2D eigenvalue weighted by Crippen LogP contribution is -2.29. The maximum Gasteiger partial charge on any atom is 0.230 e. The fourth-order valence-corrected chi connectivity index (χ4v) is 2.19. The molecule has 2 saturated carbocycles. The van der Waals surface area contributed by atoms with E-state index in [1.165, 1.54) is 0 Å². The maximum absolute atomic E-state index is 11.4. The zero-order chi connectivity index (χ0) is 11.3. The van der Waals surface area contributed by atoms with Gasteiger partial charge in [-0.3, -0.25) is 4.79 Å². The molecular weight excluding hydrogens is 206 g/mol. The number of rotatable bonds is 4. The molecule has 0 unspecified atom stereocenters. The number of amides is 1. The summed E-state index contributed by atoms with van der Waals surface area (Å²) in [5.74, 6) is 1.55. The second-order valence-electron chi connectivity index (χ2n) is 5.01. The molecule has 0 spiro atoms. The van der Waals surface area contributed by atoms with Crippen LogP contribution in [0.15, 0.2) is 4.52 Å². The highest BCUT2D eigenvalue weighted by Crippen LogP contribution is 2.55. The number of nitrogens with two attached hydrogens (primary N) is 1. The quantitative estimate of drug-likeness (QED) is 0.831. The predicted octanol–water partition coefficient (Wildman–Crippen LogP) is 1.32. The Morgan fingerprint density at radius 1 is 1.56 bits per heavy atom. The minimum atomic E-state index is -0.423. The molecule has 5 heteroatoms. The van der Waals surface area contributed by atoms with Gasteiger partial charge in [0, 0.05) is 11.8 Å². The van der Waals surface area contributed by atoms with E-state index in [2.05, 4.69) is 10.1 Å². The maximum atomic E-state index is 11.4. The molecular formula is C11H15N3O2. The largest absolute Gasteiger partial charge is 0.369 e. The molecule has 2 aliphatic rings. The SMILES string of the molecule is C[C@@H](c1nc(C2CC2)no1)C1(C(N)=O)CC1. The van der Waals surface area contributed by atoms with Gasteiger partial charge in [0.05, 0.1) is 5.41 Å². The molecule has 1 heterocycles. The van der Waals surface area contributed by atoms with Crippen molar-refractivity contribution in [2.45, 2.75) is 44.4 Å². The van der Waals surface area contributed by atoms with Crippen molar-refractivity contribution >= 4 is 5.91 Å². The highest BCUT2D eigenvalue weighted by atomic mass is 16.5. The van der Waals surface area contributed by atoms with E-state index in [1.807, 2.05) is 6.92 Å². The molecule has 0 radical (unpaired) electrons. The van der Waals surface area contributed by atoms with E-state index in [1.54, 1.807) is 0 Å². The molecule has 1 atom stereocenters. The number of aromatic nitrogens is 2.